The van der Waals surface area contributed by atoms with Crippen LogP contribution < -0.4 is 14.8 Å². The molecule has 2 rings (SSSR count). The summed E-state index contributed by atoms with van der Waals surface area (Å²) < 4.78 is 10.7. The van der Waals surface area contributed by atoms with Gasteiger partial charge < -0.3 is 14.8 Å². The van der Waals surface area contributed by atoms with Crippen molar-refractivity contribution < 1.29 is 19.1 Å². The Kier molecular flexibility index (Phi) is 6.57. The van der Waals surface area contributed by atoms with E-state index in [0.717, 1.165) is 12.0 Å². The van der Waals surface area contributed by atoms with Crippen molar-refractivity contribution in [1.82, 2.24) is 5.32 Å². The summed E-state index contributed by atoms with van der Waals surface area (Å²) in [7, 11) is 1.50. The van der Waals surface area contributed by atoms with Crippen molar-refractivity contribution in [2.75, 3.05) is 13.7 Å². The summed E-state index contributed by atoms with van der Waals surface area (Å²) in [6.45, 7) is 3.87. The number of aldehydes is 1. The highest BCUT2D eigenvalue weighted by Crippen LogP contribution is 2.27. The molecule has 0 saturated heterocycles. The maximum atomic E-state index is 12.1. The molecular formula is C20H23NO4. The van der Waals surface area contributed by atoms with Crippen LogP contribution in [0.1, 0.15) is 41.4 Å². The van der Waals surface area contributed by atoms with Gasteiger partial charge in [0.25, 0.3) is 5.91 Å². The minimum atomic E-state index is -0.245. The van der Waals surface area contributed by atoms with Crippen LogP contribution in [0.5, 0.6) is 11.5 Å². The van der Waals surface area contributed by atoms with E-state index >= 15 is 0 Å². The van der Waals surface area contributed by atoms with Gasteiger partial charge in [0, 0.05) is 5.56 Å². The van der Waals surface area contributed by atoms with Gasteiger partial charge >= 0.3 is 0 Å². The van der Waals surface area contributed by atoms with Gasteiger partial charge in [-0.05, 0) is 42.7 Å². The Balaban J connectivity index is 1.94. The monoisotopic (exact) mass is 341 g/mol. The number of amides is 1. The zero-order valence-electron chi connectivity index (χ0n) is 14.7. The molecule has 2 aromatic carbocycles. The van der Waals surface area contributed by atoms with Crippen LogP contribution in [0.4, 0.5) is 0 Å². The van der Waals surface area contributed by atoms with Crippen molar-refractivity contribution in [3.8, 4) is 11.5 Å². The second-order valence-electron chi connectivity index (χ2n) is 5.70. The first kappa shape index (κ1) is 18.5. The van der Waals surface area contributed by atoms with Gasteiger partial charge in [0.2, 0.25) is 0 Å². The normalized spacial score (nSPS) is 11.5. The third-order valence-corrected chi connectivity index (χ3v) is 3.95. The van der Waals surface area contributed by atoms with Gasteiger partial charge in [0.1, 0.15) is 6.29 Å². The second-order valence-corrected chi connectivity index (χ2v) is 5.70. The largest absolute Gasteiger partial charge is 0.493 e. The summed E-state index contributed by atoms with van der Waals surface area (Å²) in [5.74, 6) is 0.592. The first-order chi connectivity index (χ1) is 12.1. The van der Waals surface area contributed by atoms with E-state index in [-0.39, 0.29) is 18.6 Å². The number of ether oxygens (including phenoxy) is 2. The van der Waals surface area contributed by atoms with Crippen LogP contribution in [0, 0.1) is 0 Å². The number of rotatable bonds is 8. The fourth-order valence-electron chi connectivity index (χ4n) is 2.43. The number of hydrogen-bond acceptors (Lipinski definition) is 4. The van der Waals surface area contributed by atoms with Crippen molar-refractivity contribution in [2.24, 2.45) is 0 Å². The van der Waals surface area contributed by atoms with Crippen molar-refractivity contribution in [3.05, 3.63) is 59.2 Å². The van der Waals surface area contributed by atoms with E-state index in [1.54, 1.807) is 18.2 Å². The average Bonchev–Trinajstić information content (AvgIpc) is 2.66. The lowest BCUT2D eigenvalue weighted by atomic mass is 10.1. The molecule has 1 N–H and O–H groups in total. The molecule has 132 valence electrons. The number of aryl methyl sites for hydroxylation is 1. The van der Waals surface area contributed by atoms with Crippen LogP contribution in [0.15, 0.2) is 42.5 Å². The molecule has 0 unspecified atom stereocenters. The number of carbonyl (C=O) groups excluding carboxylic acids is 2. The van der Waals surface area contributed by atoms with Crippen LogP contribution in [0.3, 0.4) is 0 Å². The summed E-state index contributed by atoms with van der Waals surface area (Å²) in [6, 6.07) is 12.8. The van der Waals surface area contributed by atoms with Gasteiger partial charge in [0.05, 0.1) is 13.2 Å². The van der Waals surface area contributed by atoms with Crippen LogP contribution in [-0.2, 0) is 11.2 Å². The second kappa shape index (κ2) is 8.87. The Morgan fingerprint density at radius 2 is 1.88 bits per heavy atom. The lowest BCUT2D eigenvalue weighted by Crippen LogP contribution is -2.31. The van der Waals surface area contributed by atoms with E-state index in [0.29, 0.717) is 23.3 Å². The van der Waals surface area contributed by atoms with Crippen molar-refractivity contribution in [1.29, 1.82) is 0 Å². The van der Waals surface area contributed by atoms with E-state index in [1.165, 1.54) is 12.7 Å². The Morgan fingerprint density at radius 1 is 1.16 bits per heavy atom. The molecule has 5 heteroatoms. The summed E-state index contributed by atoms with van der Waals surface area (Å²) >= 11 is 0. The number of hydrogen-bond donors (Lipinski definition) is 1. The van der Waals surface area contributed by atoms with E-state index < -0.39 is 0 Å². The number of methoxy groups -OCH3 is 1. The molecule has 0 aromatic heterocycles. The van der Waals surface area contributed by atoms with Gasteiger partial charge in [-0.2, -0.15) is 0 Å². The minimum Gasteiger partial charge on any atom is -0.493 e. The number of carbonyl (C=O) groups is 2. The molecule has 0 radical (unpaired) electrons. The molecule has 0 spiro atoms. The molecule has 1 amide bonds. The van der Waals surface area contributed by atoms with Crippen molar-refractivity contribution in [3.63, 3.8) is 0 Å². The molecular weight excluding hydrogens is 318 g/mol. The Morgan fingerprint density at radius 3 is 2.48 bits per heavy atom. The minimum absolute atomic E-state index is 0.120. The SMILES string of the molecule is CCc1ccc([C@H](C)NC(=O)COc2cc(C=O)ccc2OC)cc1. The fourth-order valence-corrected chi connectivity index (χ4v) is 2.43. The maximum Gasteiger partial charge on any atom is 0.258 e. The van der Waals surface area contributed by atoms with Gasteiger partial charge in [-0.25, -0.2) is 0 Å². The molecule has 5 nitrogen and oxygen atoms in total. The third kappa shape index (κ3) is 5.08. The highest BCUT2D eigenvalue weighted by atomic mass is 16.5. The first-order valence-electron chi connectivity index (χ1n) is 8.21. The van der Waals surface area contributed by atoms with E-state index in [2.05, 4.69) is 24.4 Å². The molecule has 1 atom stereocenters. The Bertz CT molecular complexity index is 725. The van der Waals surface area contributed by atoms with Crippen LogP contribution in [-0.4, -0.2) is 25.9 Å². The lowest BCUT2D eigenvalue weighted by Gasteiger charge is -2.16. The molecule has 0 aliphatic carbocycles. The Labute approximate surface area is 148 Å². The number of benzene rings is 2. The maximum absolute atomic E-state index is 12.1. The molecule has 0 aliphatic heterocycles. The fraction of sp³-hybridized carbons (Fsp3) is 0.300. The quantitative estimate of drug-likeness (QED) is 0.748. The molecule has 0 fully saturated rings. The molecule has 0 bridgehead atoms. The average molecular weight is 341 g/mol. The predicted molar refractivity (Wildman–Crippen MR) is 96.3 cm³/mol. The van der Waals surface area contributed by atoms with E-state index in [4.69, 9.17) is 9.47 Å². The standard InChI is InChI=1S/C20H23NO4/c1-4-15-5-8-17(9-6-15)14(2)21-20(23)13-25-19-11-16(12-22)7-10-18(19)24-3/h5-12,14H,4,13H2,1-3H3,(H,21,23)/t14-/m0/s1. The Hall–Kier alpha value is -2.82. The molecule has 2 aromatic rings. The van der Waals surface area contributed by atoms with E-state index in [1.807, 2.05) is 19.1 Å². The topological polar surface area (TPSA) is 64.6 Å². The molecule has 0 aliphatic rings. The van der Waals surface area contributed by atoms with Crippen LogP contribution >= 0.6 is 0 Å². The smallest absolute Gasteiger partial charge is 0.258 e. The summed E-state index contributed by atoms with van der Waals surface area (Å²) in [5.41, 5.74) is 2.75. The first-order valence-corrected chi connectivity index (χ1v) is 8.21. The summed E-state index contributed by atoms with van der Waals surface area (Å²) in [5, 5.41) is 2.90. The van der Waals surface area contributed by atoms with Gasteiger partial charge in [-0.1, -0.05) is 31.2 Å². The lowest BCUT2D eigenvalue weighted by molar-refractivity contribution is -0.123. The van der Waals surface area contributed by atoms with Crippen molar-refractivity contribution >= 4 is 12.2 Å². The molecule has 0 saturated carbocycles. The van der Waals surface area contributed by atoms with Gasteiger partial charge in [-0.3, -0.25) is 9.59 Å². The molecule has 0 heterocycles. The van der Waals surface area contributed by atoms with Gasteiger partial charge in [-0.15, -0.1) is 0 Å². The van der Waals surface area contributed by atoms with Crippen molar-refractivity contribution in [2.45, 2.75) is 26.3 Å². The summed E-state index contributed by atoms with van der Waals surface area (Å²) in [4.78, 5) is 23.0. The summed E-state index contributed by atoms with van der Waals surface area (Å²) in [6.07, 6.45) is 1.70. The van der Waals surface area contributed by atoms with Crippen LogP contribution in [0.25, 0.3) is 0 Å². The predicted octanol–water partition coefficient (Wildman–Crippen LogP) is 3.33. The third-order valence-electron chi connectivity index (χ3n) is 3.95. The zero-order chi connectivity index (χ0) is 18.2. The van der Waals surface area contributed by atoms with E-state index in [9.17, 15) is 9.59 Å². The van der Waals surface area contributed by atoms with Gasteiger partial charge in [0.15, 0.2) is 18.1 Å². The molecule has 25 heavy (non-hydrogen) atoms. The zero-order valence-corrected chi connectivity index (χ0v) is 14.7. The highest BCUT2D eigenvalue weighted by molar-refractivity contribution is 5.79. The van der Waals surface area contributed by atoms with Crippen LogP contribution in [0.2, 0.25) is 0 Å². The highest BCUT2D eigenvalue weighted by Gasteiger charge is 2.12. The number of nitrogens with one attached hydrogen (secondary N) is 1.